The van der Waals surface area contributed by atoms with Crippen LogP contribution in [0, 0.1) is 15.9 Å². The molecule has 1 heterocycles. The zero-order valence-electron chi connectivity index (χ0n) is 10.2. The van der Waals surface area contributed by atoms with E-state index in [1.54, 1.807) is 12.1 Å². The number of aromatic nitrogens is 2. The van der Waals surface area contributed by atoms with Gasteiger partial charge in [-0.15, -0.1) is 0 Å². The molecule has 104 valence electrons. The van der Waals surface area contributed by atoms with Crippen LogP contribution >= 0.6 is 0 Å². The van der Waals surface area contributed by atoms with Gasteiger partial charge < -0.3 is 5.32 Å². The number of hydrazine groups is 1. The molecule has 2 aromatic rings. The van der Waals surface area contributed by atoms with Gasteiger partial charge in [0.25, 0.3) is 0 Å². The van der Waals surface area contributed by atoms with Crippen LogP contribution in [0.4, 0.5) is 21.8 Å². The second kappa shape index (κ2) is 5.89. The molecule has 20 heavy (non-hydrogen) atoms. The number of nitrogens with one attached hydrogen (secondary N) is 2. The molecule has 1 aromatic carbocycles. The Morgan fingerprint density at radius 2 is 2.25 bits per heavy atom. The minimum absolute atomic E-state index is 0.00205. The summed E-state index contributed by atoms with van der Waals surface area (Å²) >= 11 is 0. The van der Waals surface area contributed by atoms with Crippen LogP contribution in [0.15, 0.2) is 30.5 Å². The number of nitrogens with two attached hydrogens (primary N) is 1. The van der Waals surface area contributed by atoms with Crippen LogP contribution in [0.1, 0.15) is 5.56 Å². The first-order chi connectivity index (χ1) is 9.60. The van der Waals surface area contributed by atoms with Crippen molar-refractivity contribution in [3.63, 3.8) is 0 Å². The Bertz CT molecular complexity index is 636. The molecule has 0 spiro atoms. The van der Waals surface area contributed by atoms with Crippen molar-refractivity contribution in [3.05, 3.63) is 52.0 Å². The van der Waals surface area contributed by atoms with Gasteiger partial charge in [-0.25, -0.2) is 15.2 Å². The molecule has 4 N–H and O–H groups in total. The Balaban J connectivity index is 2.21. The summed E-state index contributed by atoms with van der Waals surface area (Å²) in [6, 6.07) is 5.87. The summed E-state index contributed by atoms with van der Waals surface area (Å²) in [5.41, 5.74) is 2.53. The number of rotatable bonds is 5. The minimum atomic E-state index is -0.617. The Labute approximate surface area is 113 Å². The van der Waals surface area contributed by atoms with Gasteiger partial charge in [-0.2, -0.15) is 4.98 Å². The van der Waals surface area contributed by atoms with Crippen LogP contribution in [-0.2, 0) is 6.54 Å². The molecule has 0 atom stereocenters. The Morgan fingerprint density at radius 3 is 2.90 bits per heavy atom. The van der Waals surface area contributed by atoms with Crippen molar-refractivity contribution in [3.8, 4) is 0 Å². The molecule has 0 aliphatic heterocycles. The molecule has 1 aromatic heterocycles. The summed E-state index contributed by atoms with van der Waals surface area (Å²) in [7, 11) is 0. The van der Waals surface area contributed by atoms with Gasteiger partial charge in [0.15, 0.2) is 0 Å². The number of nitro groups is 1. The molecule has 0 unspecified atom stereocenters. The number of nitrogens with zero attached hydrogens (tertiary/aromatic N) is 3. The van der Waals surface area contributed by atoms with Crippen molar-refractivity contribution < 1.29 is 9.31 Å². The van der Waals surface area contributed by atoms with E-state index < -0.39 is 4.92 Å². The molecule has 0 aliphatic rings. The third-order valence-electron chi connectivity index (χ3n) is 2.44. The second-order valence-corrected chi connectivity index (χ2v) is 3.81. The number of hydrogen-bond acceptors (Lipinski definition) is 7. The van der Waals surface area contributed by atoms with Gasteiger partial charge in [0.2, 0.25) is 11.8 Å². The molecule has 0 saturated carbocycles. The lowest BCUT2D eigenvalue weighted by Crippen LogP contribution is -2.13. The highest BCUT2D eigenvalue weighted by Crippen LogP contribution is 2.22. The number of hydrogen-bond donors (Lipinski definition) is 3. The minimum Gasteiger partial charge on any atom is -0.360 e. The summed E-state index contributed by atoms with van der Waals surface area (Å²) in [5, 5.41) is 13.6. The van der Waals surface area contributed by atoms with Crippen LogP contribution in [0.2, 0.25) is 0 Å². The molecule has 0 amide bonds. The number of nitrogen functional groups attached to an aromatic ring is 1. The maximum atomic E-state index is 13.0. The summed E-state index contributed by atoms with van der Waals surface area (Å²) in [4.78, 5) is 17.8. The SMILES string of the molecule is NNc1ncc([N+](=O)[O-])c(NCc2cccc(F)c2)n1. The van der Waals surface area contributed by atoms with Gasteiger partial charge in [0.05, 0.1) is 4.92 Å². The molecular weight excluding hydrogens is 267 g/mol. The number of halogens is 1. The van der Waals surface area contributed by atoms with Gasteiger partial charge >= 0.3 is 5.69 Å². The van der Waals surface area contributed by atoms with E-state index in [0.717, 1.165) is 6.20 Å². The van der Waals surface area contributed by atoms with Gasteiger partial charge in [-0.05, 0) is 17.7 Å². The quantitative estimate of drug-likeness (QED) is 0.430. The van der Waals surface area contributed by atoms with E-state index in [1.807, 2.05) is 0 Å². The molecule has 8 nitrogen and oxygen atoms in total. The van der Waals surface area contributed by atoms with Crippen molar-refractivity contribution in [2.24, 2.45) is 5.84 Å². The lowest BCUT2D eigenvalue weighted by atomic mass is 10.2. The summed E-state index contributed by atoms with van der Waals surface area (Å²) < 4.78 is 13.0. The van der Waals surface area contributed by atoms with Crippen molar-refractivity contribution >= 4 is 17.5 Å². The largest absolute Gasteiger partial charge is 0.360 e. The first-order valence-electron chi connectivity index (χ1n) is 5.56. The molecular formula is C11H11FN6O2. The van der Waals surface area contributed by atoms with Gasteiger partial charge in [-0.1, -0.05) is 12.1 Å². The van der Waals surface area contributed by atoms with Crippen molar-refractivity contribution in [2.45, 2.75) is 6.54 Å². The zero-order chi connectivity index (χ0) is 14.5. The van der Waals surface area contributed by atoms with Crippen LogP contribution in [0.25, 0.3) is 0 Å². The summed E-state index contributed by atoms with van der Waals surface area (Å²) in [6.07, 6.45) is 1.04. The van der Waals surface area contributed by atoms with E-state index in [4.69, 9.17) is 5.84 Å². The van der Waals surface area contributed by atoms with E-state index in [9.17, 15) is 14.5 Å². The highest BCUT2D eigenvalue weighted by molar-refractivity contribution is 5.56. The molecule has 0 fully saturated rings. The van der Waals surface area contributed by atoms with Crippen molar-refractivity contribution in [1.82, 2.24) is 9.97 Å². The third kappa shape index (κ3) is 3.14. The normalized spacial score (nSPS) is 10.1. The molecule has 9 heteroatoms. The predicted octanol–water partition coefficient (Wildman–Crippen LogP) is 1.42. The van der Waals surface area contributed by atoms with Crippen LogP contribution in [0.5, 0.6) is 0 Å². The van der Waals surface area contributed by atoms with Gasteiger partial charge in [0, 0.05) is 6.54 Å². The van der Waals surface area contributed by atoms with Crippen LogP contribution in [0.3, 0.4) is 0 Å². The Kier molecular flexibility index (Phi) is 4.01. The van der Waals surface area contributed by atoms with Crippen LogP contribution < -0.4 is 16.6 Å². The van der Waals surface area contributed by atoms with E-state index >= 15 is 0 Å². The molecule has 0 radical (unpaired) electrons. The highest BCUT2D eigenvalue weighted by Gasteiger charge is 2.16. The fraction of sp³-hybridized carbons (Fsp3) is 0.0909. The Hall–Kier alpha value is -2.81. The maximum Gasteiger partial charge on any atom is 0.329 e. The average Bonchev–Trinajstić information content (AvgIpc) is 2.44. The fourth-order valence-electron chi connectivity index (χ4n) is 1.54. The second-order valence-electron chi connectivity index (χ2n) is 3.81. The number of benzene rings is 1. The number of anilines is 2. The summed E-state index contributed by atoms with van der Waals surface area (Å²) in [5.74, 6) is 4.81. The smallest absolute Gasteiger partial charge is 0.329 e. The summed E-state index contributed by atoms with van der Waals surface area (Å²) in [6.45, 7) is 0.180. The monoisotopic (exact) mass is 278 g/mol. The van der Waals surface area contributed by atoms with E-state index in [1.165, 1.54) is 12.1 Å². The van der Waals surface area contributed by atoms with E-state index in [0.29, 0.717) is 5.56 Å². The van der Waals surface area contributed by atoms with Crippen LogP contribution in [-0.4, -0.2) is 14.9 Å². The highest BCUT2D eigenvalue weighted by atomic mass is 19.1. The first kappa shape index (κ1) is 13.6. The third-order valence-corrected chi connectivity index (χ3v) is 2.44. The lowest BCUT2D eigenvalue weighted by molar-refractivity contribution is -0.384. The predicted molar refractivity (Wildman–Crippen MR) is 70.2 cm³/mol. The molecule has 0 bridgehead atoms. The fourth-order valence-corrected chi connectivity index (χ4v) is 1.54. The average molecular weight is 278 g/mol. The molecule has 0 aliphatic carbocycles. The molecule has 0 saturated heterocycles. The zero-order valence-corrected chi connectivity index (χ0v) is 10.2. The van der Waals surface area contributed by atoms with Crippen molar-refractivity contribution in [1.29, 1.82) is 0 Å². The Morgan fingerprint density at radius 1 is 1.45 bits per heavy atom. The van der Waals surface area contributed by atoms with Gasteiger partial charge in [-0.3, -0.25) is 15.5 Å². The van der Waals surface area contributed by atoms with Gasteiger partial charge in [0.1, 0.15) is 12.0 Å². The van der Waals surface area contributed by atoms with E-state index in [2.05, 4.69) is 20.7 Å². The molecule has 2 rings (SSSR count). The standard InChI is InChI=1S/C11H11FN6O2/c12-8-3-1-2-7(4-8)5-14-10-9(18(19)20)6-15-11(16-10)17-13/h1-4,6H,5,13H2,(H2,14,15,16,17). The lowest BCUT2D eigenvalue weighted by Gasteiger charge is -2.07. The topological polar surface area (TPSA) is 119 Å². The maximum absolute atomic E-state index is 13.0. The van der Waals surface area contributed by atoms with E-state index in [-0.39, 0.29) is 29.8 Å². The van der Waals surface area contributed by atoms with Crippen molar-refractivity contribution in [2.75, 3.05) is 10.7 Å². The first-order valence-corrected chi connectivity index (χ1v) is 5.56.